The predicted molar refractivity (Wildman–Crippen MR) is 107 cm³/mol. The molecule has 1 atom stereocenters. The number of β-amino-alcohol motifs (C(OH)–C–C–N with tert-alkyl or cyclic N) is 1. The molecule has 1 fully saturated rings. The van der Waals surface area contributed by atoms with Crippen LogP contribution in [-0.2, 0) is 4.79 Å². The minimum atomic E-state index is -0.965. The van der Waals surface area contributed by atoms with E-state index in [4.69, 9.17) is 4.74 Å². The van der Waals surface area contributed by atoms with Crippen LogP contribution in [0.3, 0.4) is 0 Å². The Morgan fingerprint density at radius 1 is 1.00 bits per heavy atom. The zero-order chi connectivity index (χ0) is 20.1. The number of carbonyl (C=O) groups is 2. The second-order valence-electron chi connectivity index (χ2n) is 6.99. The van der Waals surface area contributed by atoms with E-state index in [1.807, 2.05) is 68.4 Å². The first kappa shape index (κ1) is 19.9. The van der Waals surface area contributed by atoms with E-state index in [0.29, 0.717) is 18.6 Å². The summed E-state index contributed by atoms with van der Waals surface area (Å²) in [6.07, 6.45) is 0.0728. The Balaban J connectivity index is 1.55. The number of hydrogen-bond donors (Lipinski definition) is 2. The van der Waals surface area contributed by atoms with Crippen LogP contribution in [0.15, 0.2) is 54.6 Å². The molecule has 2 N–H and O–H groups in total. The van der Waals surface area contributed by atoms with Gasteiger partial charge in [0.05, 0.1) is 6.54 Å². The van der Waals surface area contributed by atoms with Gasteiger partial charge in [0.15, 0.2) is 0 Å². The van der Waals surface area contributed by atoms with Gasteiger partial charge in [0.25, 0.3) is 5.91 Å². The molecule has 3 amide bonds. The van der Waals surface area contributed by atoms with Crippen molar-refractivity contribution in [2.24, 2.45) is 0 Å². The van der Waals surface area contributed by atoms with E-state index in [2.05, 4.69) is 5.32 Å². The number of carbonyl (C=O) groups excluding carboxylic acids is 2. The summed E-state index contributed by atoms with van der Waals surface area (Å²) in [5, 5.41) is 13.0. The number of amides is 3. The fourth-order valence-electron chi connectivity index (χ4n) is 3.40. The van der Waals surface area contributed by atoms with Crippen molar-refractivity contribution in [3.8, 4) is 16.9 Å². The second kappa shape index (κ2) is 8.44. The number of aliphatic hydroxyl groups excluding tert-OH is 1. The van der Waals surface area contributed by atoms with E-state index in [1.165, 1.54) is 0 Å². The summed E-state index contributed by atoms with van der Waals surface area (Å²) in [5.74, 6) is 0.334. The molecule has 148 valence electrons. The zero-order valence-corrected chi connectivity index (χ0v) is 16.2. The molecular weight excluding hydrogens is 356 g/mol. The van der Waals surface area contributed by atoms with Crippen molar-refractivity contribution in [3.05, 3.63) is 54.6 Å². The first-order chi connectivity index (χ1) is 13.5. The van der Waals surface area contributed by atoms with Crippen molar-refractivity contribution in [2.45, 2.75) is 38.3 Å². The summed E-state index contributed by atoms with van der Waals surface area (Å²) in [4.78, 5) is 25.8. The number of ether oxygens (including phenoxy) is 1. The van der Waals surface area contributed by atoms with Gasteiger partial charge >= 0.3 is 6.03 Å². The molecule has 1 unspecified atom stereocenters. The highest BCUT2D eigenvalue weighted by Gasteiger charge is 2.48. The van der Waals surface area contributed by atoms with E-state index >= 15 is 0 Å². The molecule has 0 saturated carbocycles. The molecular formula is C22H26N2O4. The van der Waals surface area contributed by atoms with Crippen LogP contribution in [0.25, 0.3) is 11.1 Å². The highest BCUT2D eigenvalue weighted by atomic mass is 16.5. The lowest BCUT2D eigenvalue weighted by Crippen LogP contribution is -2.46. The summed E-state index contributed by atoms with van der Waals surface area (Å²) in [6.45, 7) is 3.63. The number of hydrogen-bond acceptors (Lipinski definition) is 4. The van der Waals surface area contributed by atoms with Crippen molar-refractivity contribution in [2.75, 3.05) is 13.2 Å². The summed E-state index contributed by atoms with van der Waals surface area (Å²) >= 11 is 0. The lowest BCUT2D eigenvalue weighted by molar-refractivity contribution is -0.132. The Labute approximate surface area is 165 Å². The third kappa shape index (κ3) is 4.02. The maximum absolute atomic E-state index is 12.6. The van der Waals surface area contributed by atoms with Crippen LogP contribution in [0, 0.1) is 0 Å². The first-order valence-electron chi connectivity index (χ1n) is 9.59. The smallest absolute Gasteiger partial charge is 0.325 e. The largest absolute Gasteiger partial charge is 0.491 e. The summed E-state index contributed by atoms with van der Waals surface area (Å²) in [7, 11) is 0. The van der Waals surface area contributed by atoms with Gasteiger partial charge in [-0.25, -0.2) is 4.79 Å². The normalized spacial score (nSPS) is 16.8. The number of benzene rings is 2. The van der Waals surface area contributed by atoms with Crippen LogP contribution in [-0.4, -0.2) is 46.7 Å². The van der Waals surface area contributed by atoms with Gasteiger partial charge in [-0.3, -0.25) is 9.69 Å². The first-order valence-corrected chi connectivity index (χ1v) is 9.59. The number of aliphatic hydroxyl groups is 1. The molecule has 0 aromatic heterocycles. The van der Waals surface area contributed by atoms with Gasteiger partial charge < -0.3 is 15.2 Å². The lowest BCUT2D eigenvalue weighted by atomic mass is 9.93. The van der Waals surface area contributed by atoms with Gasteiger partial charge in [0.2, 0.25) is 0 Å². The fraction of sp³-hybridized carbons (Fsp3) is 0.364. The van der Waals surface area contributed by atoms with Gasteiger partial charge in [-0.2, -0.15) is 0 Å². The standard InChI is InChI=1S/C22H26N2O4/c1-3-22(4-2)20(26)24(21(27)23-22)14-18(25)15-28-19-12-10-17(11-13-19)16-8-6-5-7-9-16/h5-13,18,25H,3-4,14-15H2,1-2H3,(H,23,27). The molecule has 28 heavy (non-hydrogen) atoms. The number of nitrogens with one attached hydrogen (secondary N) is 1. The van der Waals surface area contributed by atoms with Crippen molar-refractivity contribution in [1.29, 1.82) is 0 Å². The fourth-order valence-corrected chi connectivity index (χ4v) is 3.40. The predicted octanol–water partition coefficient (Wildman–Crippen LogP) is 3.20. The van der Waals surface area contributed by atoms with Gasteiger partial charge in [0.1, 0.15) is 24.0 Å². The molecule has 1 aliphatic heterocycles. The Hall–Kier alpha value is -2.86. The number of urea groups is 1. The molecule has 0 spiro atoms. The molecule has 0 bridgehead atoms. The summed E-state index contributed by atoms with van der Waals surface area (Å²) in [5.41, 5.74) is 1.33. The van der Waals surface area contributed by atoms with Crippen molar-refractivity contribution in [1.82, 2.24) is 10.2 Å². The van der Waals surface area contributed by atoms with Crippen LogP contribution in [0.4, 0.5) is 4.79 Å². The molecule has 6 nitrogen and oxygen atoms in total. The summed E-state index contributed by atoms with van der Waals surface area (Å²) in [6, 6.07) is 17.1. The molecule has 2 aromatic rings. The van der Waals surface area contributed by atoms with Crippen molar-refractivity contribution >= 4 is 11.9 Å². The van der Waals surface area contributed by atoms with Crippen LogP contribution < -0.4 is 10.1 Å². The topological polar surface area (TPSA) is 78.9 Å². The van der Waals surface area contributed by atoms with Gasteiger partial charge in [-0.05, 0) is 36.1 Å². The molecule has 1 heterocycles. The second-order valence-corrected chi connectivity index (χ2v) is 6.99. The highest BCUT2D eigenvalue weighted by Crippen LogP contribution is 2.25. The Bertz CT molecular complexity index is 816. The molecule has 3 rings (SSSR count). The van der Waals surface area contributed by atoms with E-state index in [9.17, 15) is 14.7 Å². The quantitative estimate of drug-likeness (QED) is 0.687. The van der Waals surface area contributed by atoms with Gasteiger partial charge in [0, 0.05) is 0 Å². The van der Waals surface area contributed by atoms with Crippen LogP contribution >= 0.6 is 0 Å². The van der Waals surface area contributed by atoms with E-state index in [1.54, 1.807) is 0 Å². The van der Waals surface area contributed by atoms with E-state index in [-0.39, 0.29) is 19.1 Å². The van der Waals surface area contributed by atoms with E-state index < -0.39 is 17.7 Å². The maximum atomic E-state index is 12.6. The highest BCUT2D eigenvalue weighted by molar-refractivity contribution is 6.07. The van der Waals surface area contributed by atoms with Gasteiger partial charge in [-0.1, -0.05) is 56.3 Å². The van der Waals surface area contributed by atoms with Gasteiger partial charge in [-0.15, -0.1) is 0 Å². The number of rotatable bonds is 8. The molecule has 0 aliphatic carbocycles. The Morgan fingerprint density at radius 3 is 2.18 bits per heavy atom. The SMILES string of the molecule is CCC1(CC)NC(=O)N(CC(O)COc2ccc(-c3ccccc3)cc2)C1=O. The minimum Gasteiger partial charge on any atom is -0.491 e. The van der Waals surface area contributed by atoms with E-state index in [0.717, 1.165) is 16.0 Å². The van der Waals surface area contributed by atoms with Crippen LogP contribution in [0.2, 0.25) is 0 Å². The Morgan fingerprint density at radius 2 is 1.61 bits per heavy atom. The third-order valence-corrected chi connectivity index (χ3v) is 5.25. The lowest BCUT2D eigenvalue weighted by Gasteiger charge is -2.24. The van der Waals surface area contributed by atoms with Crippen molar-refractivity contribution < 1.29 is 19.4 Å². The number of imide groups is 1. The third-order valence-electron chi connectivity index (χ3n) is 5.25. The maximum Gasteiger partial charge on any atom is 0.325 e. The molecule has 2 aromatic carbocycles. The monoisotopic (exact) mass is 382 g/mol. The van der Waals surface area contributed by atoms with Crippen molar-refractivity contribution in [3.63, 3.8) is 0 Å². The molecule has 1 aliphatic rings. The average Bonchev–Trinajstić information content (AvgIpc) is 2.98. The minimum absolute atomic E-state index is 0.00695. The molecule has 6 heteroatoms. The van der Waals surface area contributed by atoms with Crippen LogP contribution in [0.1, 0.15) is 26.7 Å². The van der Waals surface area contributed by atoms with Crippen LogP contribution in [0.5, 0.6) is 5.75 Å². The number of nitrogens with zero attached hydrogens (tertiary/aromatic N) is 1. The molecule has 1 saturated heterocycles. The Kier molecular flexibility index (Phi) is 5.99. The average molecular weight is 382 g/mol. The zero-order valence-electron chi connectivity index (χ0n) is 16.2. The summed E-state index contributed by atoms with van der Waals surface area (Å²) < 4.78 is 5.62. The molecule has 0 radical (unpaired) electrons.